The maximum Gasteiger partial charge on any atom is 0.195 e. The van der Waals surface area contributed by atoms with Gasteiger partial charge in [0, 0.05) is 0 Å². The van der Waals surface area contributed by atoms with Crippen LogP contribution in [-0.4, -0.2) is 0 Å². The number of hydrogen-bond donors (Lipinski definition) is 0. The topological polar surface area (TPSA) is 0 Å². The monoisotopic (exact) mass is 192 g/mol. The zero-order valence-corrected chi connectivity index (χ0v) is 8.31. The fourth-order valence-electron chi connectivity index (χ4n) is 0.826. The highest BCUT2D eigenvalue weighted by Gasteiger charge is 2.20. The van der Waals surface area contributed by atoms with Crippen LogP contribution in [0.4, 0.5) is 4.39 Å². The Balaban J connectivity index is 3.15. The molecule has 1 rings (SSSR count). The Morgan fingerprint density at radius 3 is 2.18 bits per heavy atom. The first-order chi connectivity index (χ1) is 4.93. The van der Waals surface area contributed by atoms with E-state index in [2.05, 4.69) is 0 Å². The summed E-state index contributed by atoms with van der Waals surface area (Å²) in [7, 11) is 0. The molecule has 0 aliphatic carbocycles. The van der Waals surface area contributed by atoms with Gasteiger partial charge >= 0.3 is 0 Å². The van der Waals surface area contributed by atoms with Gasteiger partial charge in [-0.2, -0.15) is 4.39 Å². The van der Waals surface area contributed by atoms with Crippen molar-refractivity contribution in [2.24, 2.45) is 0 Å². The largest absolute Gasteiger partial charge is 0.195 e. The maximum atomic E-state index is 12.8. The highest BCUT2D eigenvalue weighted by Crippen LogP contribution is 2.34. The summed E-state index contributed by atoms with van der Waals surface area (Å²) in [5.41, 5.74) is 0.833. The van der Waals surface area contributed by atoms with Crippen molar-refractivity contribution in [1.82, 2.24) is 0 Å². The van der Waals surface area contributed by atoms with Crippen molar-refractivity contribution in [3.05, 3.63) is 21.1 Å². The molecule has 0 N–H and O–H groups in total. The van der Waals surface area contributed by atoms with Gasteiger partial charge in [0.05, 0.1) is 5.02 Å². The van der Waals surface area contributed by atoms with Crippen molar-refractivity contribution in [3.8, 4) is 0 Å². The Morgan fingerprint density at radius 1 is 1.45 bits per heavy atom. The molecule has 1 heterocycles. The van der Waals surface area contributed by atoms with Crippen LogP contribution >= 0.6 is 22.9 Å². The van der Waals surface area contributed by atoms with Crippen molar-refractivity contribution < 1.29 is 4.39 Å². The fraction of sp³-hybridized carbons (Fsp3) is 0.500. The third-order valence-electron chi connectivity index (χ3n) is 1.50. The summed E-state index contributed by atoms with van der Waals surface area (Å²) < 4.78 is 12.8. The normalized spacial score (nSPS) is 12.1. The number of halogens is 2. The van der Waals surface area contributed by atoms with Crippen molar-refractivity contribution in [2.45, 2.75) is 26.2 Å². The lowest BCUT2D eigenvalue weighted by Crippen LogP contribution is -2.10. The fourth-order valence-corrected chi connectivity index (χ4v) is 2.27. The second-order valence-electron chi connectivity index (χ2n) is 3.49. The molecule has 0 spiro atoms. The summed E-state index contributed by atoms with van der Waals surface area (Å²) in [5.74, 6) is 0. The summed E-state index contributed by atoms with van der Waals surface area (Å²) in [6.45, 7) is 6.04. The van der Waals surface area contributed by atoms with Crippen molar-refractivity contribution in [2.75, 3.05) is 0 Å². The Labute approximate surface area is 75.0 Å². The molecule has 0 aromatic carbocycles. The lowest BCUT2D eigenvalue weighted by Gasteiger charge is -2.16. The van der Waals surface area contributed by atoms with Gasteiger partial charge in [-0.3, -0.25) is 0 Å². The molecule has 0 atom stereocenters. The first-order valence-electron chi connectivity index (χ1n) is 3.36. The van der Waals surface area contributed by atoms with Gasteiger partial charge in [-0.05, 0) is 16.4 Å². The molecule has 0 aliphatic rings. The van der Waals surface area contributed by atoms with E-state index in [9.17, 15) is 4.39 Å². The van der Waals surface area contributed by atoms with Crippen LogP contribution in [0, 0.1) is 5.13 Å². The first-order valence-corrected chi connectivity index (χ1v) is 4.61. The van der Waals surface area contributed by atoms with Gasteiger partial charge in [0.25, 0.3) is 0 Å². The quantitative estimate of drug-likeness (QED) is 0.586. The van der Waals surface area contributed by atoms with Crippen LogP contribution in [0.1, 0.15) is 26.3 Å². The summed E-state index contributed by atoms with van der Waals surface area (Å²) in [4.78, 5) is 0. The first kappa shape index (κ1) is 9.01. The van der Waals surface area contributed by atoms with Crippen molar-refractivity contribution in [1.29, 1.82) is 0 Å². The van der Waals surface area contributed by atoms with Crippen LogP contribution in [-0.2, 0) is 5.41 Å². The number of thiophene rings is 1. The highest BCUT2D eigenvalue weighted by atomic mass is 35.5. The van der Waals surface area contributed by atoms with E-state index in [1.165, 1.54) is 0 Å². The van der Waals surface area contributed by atoms with Crippen molar-refractivity contribution >= 4 is 22.9 Å². The maximum absolute atomic E-state index is 12.8. The van der Waals surface area contributed by atoms with E-state index in [0.29, 0.717) is 0 Å². The van der Waals surface area contributed by atoms with Gasteiger partial charge < -0.3 is 0 Å². The second kappa shape index (κ2) is 2.76. The van der Waals surface area contributed by atoms with Crippen LogP contribution in [0.15, 0.2) is 5.38 Å². The Kier molecular flexibility index (Phi) is 2.26. The van der Waals surface area contributed by atoms with E-state index in [1.807, 2.05) is 20.8 Å². The second-order valence-corrected chi connectivity index (χ2v) is 4.69. The predicted molar refractivity (Wildman–Crippen MR) is 48.0 cm³/mol. The summed E-state index contributed by atoms with van der Waals surface area (Å²) in [6.07, 6.45) is 0. The number of rotatable bonds is 0. The third-order valence-corrected chi connectivity index (χ3v) is 2.74. The molecule has 0 amide bonds. The zero-order chi connectivity index (χ0) is 8.65. The van der Waals surface area contributed by atoms with Crippen molar-refractivity contribution in [3.63, 3.8) is 0 Å². The lowest BCUT2D eigenvalue weighted by atomic mass is 9.89. The minimum Gasteiger partial charge on any atom is -0.193 e. The van der Waals surface area contributed by atoms with Crippen LogP contribution in [0.5, 0.6) is 0 Å². The molecular formula is C8H10ClFS. The molecule has 0 saturated carbocycles. The predicted octanol–water partition coefficient (Wildman–Crippen LogP) is 3.84. The smallest absolute Gasteiger partial charge is 0.193 e. The Morgan fingerprint density at radius 2 is 2.00 bits per heavy atom. The minimum absolute atomic E-state index is 0.0576. The van der Waals surface area contributed by atoms with Gasteiger partial charge in [0.2, 0.25) is 0 Å². The highest BCUT2D eigenvalue weighted by molar-refractivity contribution is 7.09. The van der Waals surface area contributed by atoms with E-state index >= 15 is 0 Å². The molecule has 0 radical (unpaired) electrons. The molecule has 0 fully saturated rings. The number of hydrogen-bond acceptors (Lipinski definition) is 1. The zero-order valence-electron chi connectivity index (χ0n) is 6.74. The molecule has 1 aromatic rings. The van der Waals surface area contributed by atoms with Gasteiger partial charge in [0.1, 0.15) is 0 Å². The van der Waals surface area contributed by atoms with Crippen LogP contribution in [0.25, 0.3) is 0 Å². The standard InChI is InChI=1S/C8H10ClFS/c1-8(2,3)5-4-11-7(10)6(5)9/h4H,1-3H3. The van der Waals surface area contributed by atoms with Gasteiger partial charge in [-0.15, -0.1) is 11.3 Å². The summed E-state index contributed by atoms with van der Waals surface area (Å²) >= 11 is 6.79. The van der Waals surface area contributed by atoms with E-state index in [1.54, 1.807) is 5.38 Å². The molecule has 0 nitrogen and oxygen atoms in total. The molecule has 0 unspecified atom stereocenters. The average molecular weight is 193 g/mol. The molecule has 11 heavy (non-hydrogen) atoms. The Hall–Kier alpha value is -0.0800. The average Bonchev–Trinajstić information content (AvgIpc) is 2.11. The van der Waals surface area contributed by atoms with E-state index < -0.39 is 0 Å². The third kappa shape index (κ3) is 1.74. The summed E-state index contributed by atoms with van der Waals surface area (Å²) in [6, 6.07) is 0. The molecule has 1 aromatic heterocycles. The van der Waals surface area contributed by atoms with Crippen LogP contribution in [0.2, 0.25) is 5.02 Å². The van der Waals surface area contributed by atoms with E-state index in [-0.39, 0.29) is 15.6 Å². The lowest BCUT2D eigenvalue weighted by molar-refractivity contribution is 0.585. The van der Waals surface area contributed by atoms with Gasteiger partial charge in [0.15, 0.2) is 5.13 Å². The molecular weight excluding hydrogens is 183 g/mol. The molecule has 0 bridgehead atoms. The minimum atomic E-state index is -0.281. The van der Waals surface area contributed by atoms with Crippen LogP contribution in [0.3, 0.4) is 0 Å². The summed E-state index contributed by atoms with van der Waals surface area (Å²) in [5, 5.41) is 1.77. The van der Waals surface area contributed by atoms with E-state index in [0.717, 1.165) is 16.9 Å². The van der Waals surface area contributed by atoms with Gasteiger partial charge in [-0.1, -0.05) is 32.4 Å². The van der Waals surface area contributed by atoms with Crippen LogP contribution < -0.4 is 0 Å². The molecule has 62 valence electrons. The van der Waals surface area contributed by atoms with E-state index in [4.69, 9.17) is 11.6 Å². The molecule has 0 saturated heterocycles. The molecule has 0 aliphatic heterocycles. The SMILES string of the molecule is CC(C)(C)c1csc(F)c1Cl. The molecule has 3 heteroatoms. The Bertz CT molecular complexity index is 260. The van der Waals surface area contributed by atoms with Gasteiger partial charge in [-0.25, -0.2) is 0 Å².